The molecule has 0 aliphatic carbocycles. The highest BCUT2D eigenvalue weighted by molar-refractivity contribution is 7.89. The summed E-state index contributed by atoms with van der Waals surface area (Å²) in [6, 6.07) is 10.8. The molecule has 0 radical (unpaired) electrons. The molecular formula is C13H16ClN2O2S2-. The second kappa shape index (κ2) is 7.75. The monoisotopic (exact) mass is 331 g/mol. The van der Waals surface area contributed by atoms with E-state index in [1.165, 1.54) is 4.88 Å². The Bertz CT molecular complexity index is 610. The van der Waals surface area contributed by atoms with Crippen LogP contribution in [0.4, 0.5) is 0 Å². The van der Waals surface area contributed by atoms with Gasteiger partial charge < -0.3 is 17.7 Å². The van der Waals surface area contributed by atoms with Gasteiger partial charge in [-0.15, -0.1) is 11.3 Å². The predicted molar refractivity (Wildman–Crippen MR) is 77.5 cm³/mol. The van der Waals surface area contributed by atoms with Gasteiger partial charge in [-0.1, -0.05) is 18.2 Å². The van der Waals surface area contributed by atoms with Crippen molar-refractivity contribution in [2.45, 2.75) is 17.9 Å². The lowest BCUT2D eigenvalue weighted by Crippen LogP contribution is -3.00. The van der Waals surface area contributed by atoms with Crippen molar-refractivity contribution < 1.29 is 20.8 Å². The normalized spacial score (nSPS) is 11.1. The Balaban J connectivity index is 0.00000200. The summed E-state index contributed by atoms with van der Waals surface area (Å²) in [6.07, 6.45) is 0.857. The molecule has 0 aliphatic rings. The fraction of sp³-hybridized carbons (Fsp3) is 0.231. The van der Waals surface area contributed by atoms with E-state index in [1.54, 1.807) is 35.6 Å². The summed E-state index contributed by atoms with van der Waals surface area (Å²) in [5, 5.41) is 10.5. The molecule has 2 rings (SSSR count). The van der Waals surface area contributed by atoms with Gasteiger partial charge in [-0.05, 0) is 42.1 Å². The van der Waals surface area contributed by atoms with Crippen LogP contribution in [0.2, 0.25) is 0 Å². The third-order valence-corrected chi connectivity index (χ3v) is 4.53. The SMILES string of the molecule is NS(=O)(=O)c1ccc(CCNCc2cccs2)cc1.[Cl-]. The van der Waals surface area contributed by atoms with E-state index in [9.17, 15) is 8.42 Å². The van der Waals surface area contributed by atoms with Crippen molar-refractivity contribution in [2.24, 2.45) is 5.14 Å². The fourth-order valence-electron chi connectivity index (χ4n) is 1.70. The summed E-state index contributed by atoms with van der Waals surface area (Å²) in [5.74, 6) is 0. The first-order chi connectivity index (χ1) is 9.05. The van der Waals surface area contributed by atoms with Gasteiger partial charge in [-0.3, -0.25) is 0 Å². The first-order valence-electron chi connectivity index (χ1n) is 5.90. The van der Waals surface area contributed by atoms with E-state index >= 15 is 0 Å². The first kappa shape index (κ1) is 17.1. The van der Waals surface area contributed by atoms with Crippen LogP contribution in [-0.4, -0.2) is 15.0 Å². The van der Waals surface area contributed by atoms with Gasteiger partial charge in [0.25, 0.3) is 0 Å². The lowest BCUT2D eigenvalue weighted by Gasteiger charge is -2.04. The van der Waals surface area contributed by atoms with Crippen LogP contribution in [0.3, 0.4) is 0 Å². The van der Waals surface area contributed by atoms with Crippen LogP contribution in [0.25, 0.3) is 0 Å². The Morgan fingerprint density at radius 2 is 1.85 bits per heavy atom. The molecule has 0 spiro atoms. The van der Waals surface area contributed by atoms with E-state index in [-0.39, 0.29) is 17.3 Å². The van der Waals surface area contributed by atoms with E-state index in [0.717, 1.165) is 25.1 Å². The van der Waals surface area contributed by atoms with Gasteiger partial charge in [0.15, 0.2) is 0 Å². The fourth-order valence-corrected chi connectivity index (χ4v) is 2.89. The topological polar surface area (TPSA) is 72.2 Å². The average Bonchev–Trinajstić information content (AvgIpc) is 2.87. The molecule has 0 unspecified atom stereocenters. The number of nitrogens with one attached hydrogen (secondary N) is 1. The van der Waals surface area contributed by atoms with Crippen molar-refractivity contribution in [2.75, 3.05) is 6.54 Å². The largest absolute Gasteiger partial charge is 1.00 e. The van der Waals surface area contributed by atoms with Gasteiger partial charge in [0, 0.05) is 11.4 Å². The van der Waals surface area contributed by atoms with Gasteiger partial charge in [-0.2, -0.15) is 0 Å². The number of rotatable bonds is 6. The van der Waals surface area contributed by atoms with E-state index in [1.807, 2.05) is 6.07 Å². The number of primary sulfonamides is 1. The highest BCUT2D eigenvalue weighted by Crippen LogP contribution is 2.10. The maximum atomic E-state index is 11.1. The molecule has 1 aromatic carbocycles. The van der Waals surface area contributed by atoms with Gasteiger partial charge in [0.2, 0.25) is 10.0 Å². The van der Waals surface area contributed by atoms with Crippen LogP contribution in [0, 0.1) is 0 Å². The quantitative estimate of drug-likeness (QED) is 0.649. The molecule has 4 nitrogen and oxygen atoms in total. The molecule has 2 aromatic rings. The Morgan fingerprint density at radius 1 is 1.15 bits per heavy atom. The van der Waals surface area contributed by atoms with Crippen molar-refractivity contribution in [3.8, 4) is 0 Å². The van der Waals surface area contributed by atoms with E-state index in [0.29, 0.717) is 0 Å². The molecular weight excluding hydrogens is 316 g/mol. The zero-order valence-electron chi connectivity index (χ0n) is 10.8. The molecule has 0 saturated heterocycles. The van der Waals surface area contributed by atoms with Crippen molar-refractivity contribution >= 4 is 21.4 Å². The lowest BCUT2D eigenvalue weighted by atomic mass is 10.1. The minimum atomic E-state index is -3.59. The Labute approximate surface area is 129 Å². The number of benzene rings is 1. The van der Waals surface area contributed by atoms with Crippen LogP contribution >= 0.6 is 11.3 Å². The highest BCUT2D eigenvalue weighted by Gasteiger charge is 2.06. The molecule has 3 N–H and O–H groups in total. The van der Waals surface area contributed by atoms with Crippen molar-refractivity contribution in [1.82, 2.24) is 5.32 Å². The van der Waals surface area contributed by atoms with Crippen LogP contribution < -0.4 is 22.9 Å². The number of hydrogen-bond acceptors (Lipinski definition) is 4. The van der Waals surface area contributed by atoms with Crippen molar-refractivity contribution in [3.05, 3.63) is 52.2 Å². The third-order valence-electron chi connectivity index (χ3n) is 2.72. The number of thiophene rings is 1. The lowest BCUT2D eigenvalue weighted by molar-refractivity contribution is -0.00000646. The second-order valence-corrected chi connectivity index (χ2v) is 6.79. The average molecular weight is 332 g/mol. The van der Waals surface area contributed by atoms with Crippen molar-refractivity contribution in [3.63, 3.8) is 0 Å². The zero-order chi connectivity index (χ0) is 13.7. The van der Waals surface area contributed by atoms with E-state index < -0.39 is 10.0 Å². The van der Waals surface area contributed by atoms with Crippen LogP contribution in [-0.2, 0) is 23.0 Å². The Hall–Kier alpha value is -0.920. The van der Waals surface area contributed by atoms with E-state index in [2.05, 4.69) is 16.8 Å². The maximum absolute atomic E-state index is 11.1. The van der Waals surface area contributed by atoms with Crippen LogP contribution in [0.1, 0.15) is 10.4 Å². The summed E-state index contributed by atoms with van der Waals surface area (Å²) >= 11 is 1.73. The van der Waals surface area contributed by atoms with Gasteiger partial charge in [0.05, 0.1) is 4.90 Å². The predicted octanol–water partition coefficient (Wildman–Crippen LogP) is -1.27. The number of hydrogen-bond donors (Lipinski definition) is 2. The molecule has 7 heteroatoms. The van der Waals surface area contributed by atoms with Gasteiger partial charge in [-0.25, -0.2) is 13.6 Å². The standard InChI is InChI=1S/C13H16N2O2S2.ClH/c14-19(16,17)13-5-3-11(4-6-13)7-8-15-10-12-2-1-9-18-12;/h1-6,9,15H,7-8,10H2,(H2,14,16,17);1H/p-1. The minimum Gasteiger partial charge on any atom is -1.00 e. The summed E-state index contributed by atoms with van der Waals surface area (Å²) in [7, 11) is -3.59. The molecule has 1 heterocycles. The highest BCUT2D eigenvalue weighted by atomic mass is 35.5. The summed E-state index contributed by atoms with van der Waals surface area (Å²) in [5.41, 5.74) is 1.09. The summed E-state index contributed by atoms with van der Waals surface area (Å²) in [6.45, 7) is 1.72. The molecule has 0 saturated carbocycles. The van der Waals surface area contributed by atoms with Crippen LogP contribution in [0.15, 0.2) is 46.7 Å². The molecule has 0 aliphatic heterocycles. The smallest absolute Gasteiger partial charge is 0.238 e. The van der Waals surface area contributed by atoms with Gasteiger partial charge in [0.1, 0.15) is 0 Å². The number of halogens is 1. The van der Waals surface area contributed by atoms with Crippen molar-refractivity contribution in [1.29, 1.82) is 0 Å². The maximum Gasteiger partial charge on any atom is 0.238 e. The third kappa shape index (κ3) is 5.22. The molecule has 20 heavy (non-hydrogen) atoms. The Kier molecular flexibility index (Phi) is 6.64. The molecule has 0 bridgehead atoms. The molecule has 1 aromatic heterocycles. The summed E-state index contributed by atoms with van der Waals surface area (Å²) < 4.78 is 22.2. The Morgan fingerprint density at radius 3 is 2.40 bits per heavy atom. The minimum absolute atomic E-state index is 0. The number of nitrogens with two attached hydrogens (primary N) is 1. The van der Waals surface area contributed by atoms with Gasteiger partial charge >= 0.3 is 0 Å². The molecule has 110 valence electrons. The molecule has 0 amide bonds. The number of sulfonamides is 1. The second-order valence-electron chi connectivity index (χ2n) is 4.20. The molecule has 0 atom stereocenters. The molecule has 0 fully saturated rings. The zero-order valence-corrected chi connectivity index (χ0v) is 13.1. The van der Waals surface area contributed by atoms with E-state index in [4.69, 9.17) is 5.14 Å². The summed E-state index contributed by atoms with van der Waals surface area (Å²) in [4.78, 5) is 1.47. The first-order valence-corrected chi connectivity index (χ1v) is 8.33. The van der Waals surface area contributed by atoms with Crippen LogP contribution in [0.5, 0.6) is 0 Å².